The number of rotatable bonds is 7. The lowest BCUT2D eigenvalue weighted by Crippen LogP contribution is -2.40. The van der Waals surface area contributed by atoms with E-state index in [9.17, 15) is 9.18 Å². The van der Waals surface area contributed by atoms with Crippen molar-refractivity contribution in [3.63, 3.8) is 0 Å². The van der Waals surface area contributed by atoms with E-state index in [0.29, 0.717) is 0 Å². The molecule has 0 fully saturated rings. The van der Waals surface area contributed by atoms with Crippen LogP contribution < -0.4 is 15.4 Å². The number of hydrogen-bond acceptors (Lipinski definition) is 3. The standard InChI is InChI=1S/C23H21FN4O2/c24-18-8-4-5-9-21(18)30-13-12-25-23(29)28-22(16-6-2-1-3-7-16)17-10-11-19-20(14-17)27-15-26-19/h1-11,14-15,22H,12-13H2,(H,26,27)(H2,25,28,29)/t22-/m0/s1. The topological polar surface area (TPSA) is 79.0 Å². The van der Waals surface area contributed by atoms with Crippen molar-refractivity contribution in [2.24, 2.45) is 0 Å². The number of halogens is 1. The van der Waals surface area contributed by atoms with Crippen LogP contribution in [-0.4, -0.2) is 29.2 Å². The maximum atomic E-state index is 13.6. The second kappa shape index (κ2) is 9.09. The van der Waals surface area contributed by atoms with Gasteiger partial charge in [-0.15, -0.1) is 0 Å². The Hall–Kier alpha value is -3.87. The Morgan fingerprint density at radius 2 is 1.83 bits per heavy atom. The number of aromatic amines is 1. The Balaban J connectivity index is 1.41. The fraction of sp³-hybridized carbons (Fsp3) is 0.130. The summed E-state index contributed by atoms with van der Waals surface area (Å²) in [5, 5.41) is 5.76. The zero-order chi connectivity index (χ0) is 20.8. The predicted octanol–water partition coefficient (Wildman–Crippen LogP) is 4.17. The minimum atomic E-state index is -0.430. The van der Waals surface area contributed by atoms with Gasteiger partial charge in [-0.3, -0.25) is 0 Å². The van der Waals surface area contributed by atoms with Gasteiger partial charge in [-0.25, -0.2) is 14.2 Å². The summed E-state index contributed by atoms with van der Waals surface area (Å²) in [5.41, 5.74) is 3.64. The summed E-state index contributed by atoms with van der Waals surface area (Å²) in [6.45, 7) is 0.395. The fourth-order valence-corrected chi connectivity index (χ4v) is 3.21. The summed E-state index contributed by atoms with van der Waals surface area (Å²) in [5.74, 6) is -0.268. The van der Waals surface area contributed by atoms with Gasteiger partial charge in [0.2, 0.25) is 0 Å². The molecule has 3 N–H and O–H groups in total. The van der Waals surface area contributed by atoms with Crippen LogP contribution in [0, 0.1) is 5.82 Å². The molecule has 0 aliphatic heterocycles. The van der Waals surface area contributed by atoms with Crippen LogP contribution in [0.15, 0.2) is 79.1 Å². The molecule has 0 aliphatic rings. The molecule has 1 atom stereocenters. The first-order chi connectivity index (χ1) is 14.7. The van der Waals surface area contributed by atoms with E-state index in [2.05, 4.69) is 20.6 Å². The van der Waals surface area contributed by atoms with Gasteiger partial charge in [0.1, 0.15) is 6.61 Å². The zero-order valence-corrected chi connectivity index (χ0v) is 16.1. The number of carbonyl (C=O) groups excluding carboxylic acids is 1. The lowest BCUT2D eigenvalue weighted by atomic mass is 9.98. The number of amides is 2. The lowest BCUT2D eigenvalue weighted by molar-refractivity contribution is 0.233. The molecule has 4 rings (SSSR count). The van der Waals surface area contributed by atoms with Gasteiger partial charge in [0, 0.05) is 0 Å². The molecule has 2 amide bonds. The van der Waals surface area contributed by atoms with Crippen molar-refractivity contribution in [3.05, 3.63) is 96.1 Å². The molecule has 0 aliphatic carbocycles. The zero-order valence-electron chi connectivity index (χ0n) is 16.1. The van der Waals surface area contributed by atoms with Crippen LogP contribution in [0.4, 0.5) is 9.18 Å². The van der Waals surface area contributed by atoms with Crippen LogP contribution in [0.3, 0.4) is 0 Å². The van der Waals surface area contributed by atoms with Crippen molar-refractivity contribution >= 4 is 17.1 Å². The molecular weight excluding hydrogens is 383 g/mol. The lowest BCUT2D eigenvalue weighted by Gasteiger charge is -2.20. The van der Waals surface area contributed by atoms with E-state index in [4.69, 9.17) is 4.74 Å². The van der Waals surface area contributed by atoms with Crippen LogP contribution in [0.25, 0.3) is 11.0 Å². The highest BCUT2D eigenvalue weighted by Crippen LogP contribution is 2.24. The molecule has 6 nitrogen and oxygen atoms in total. The number of ether oxygens (including phenoxy) is 1. The Labute approximate surface area is 173 Å². The van der Waals surface area contributed by atoms with E-state index in [-0.39, 0.29) is 31.0 Å². The number of aromatic nitrogens is 2. The molecule has 152 valence electrons. The van der Waals surface area contributed by atoms with Crippen molar-refractivity contribution < 1.29 is 13.9 Å². The molecule has 0 saturated carbocycles. The first-order valence-electron chi connectivity index (χ1n) is 9.60. The Bertz CT molecular complexity index is 1130. The van der Waals surface area contributed by atoms with Gasteiger partial charge in [-0.2, -0.15) is 0 Å². The summed E-state index contributed by atoms with van der Waals surface area (Å²) in [7, 11) is 0. The van der Waals surface area contributed by atoms with E-state index in [0.717, 1.165) is 22.2 Å². The van der Waals surface area contributed by atoms with Crippen molar-refractivity contribution in [3.8, 4) is 5.75 Å². The highest BCUT2D eigenvalue weighted by atomic mass is 19.1. The number of H-pyrrole nitrogens is 1. The van der Waals surface area contributed by atoms with Gasteiger partial charge in [-0.1, -0.05) is 48.5 Å². The number of imidazole rings is 1. The molecule has 3 aromatic carbocycles. The van der Waals surface area contributed by atoms with E-state index in [1.165, 1.54) is 6.07 Å². The molecule has 7 heteroatoms. The molecule has 1 heterocycles. The van der Waals surface area contributed by atoms with Gasteiger partial charge < -0.3 is 20.4 Å². The fourth-order valence-electron chi connectivity index (χ4n) is 3.21. The SMILES string of the molecule is O=C(NCCOc1ccccc1F)N[C@@H](c1ccccc1)c1ccc2nc[nH]c2c1. The molecule has 0 radical (unpaired) electrons. The van der Waals surface area contributed by atoms with Crippen molar-refractivity contribution in [2.75, 3.05) is 13.2 Å². The summed E-state index contributed by atoms with van der Waals surface area (Å²) < 4.78 is 19.0. The van der Waals surface area contributed by atoms with Crippen LogP contribution in [0.5, 0.6) is 5.75 Å². The van der Waals surface area contributed by atoms with Crippen molar-refractivity contribution in [1.82, 2.24) is 20.6 Å². The van der Waals surface area contributed by atoms with Gasteiger partial charge in [0.05, 0.1) is 29.9 Å². The number of benzene rings is 3. The Morgan fingerprint density at radius 1 is 1.03 bits per heavy atom. The molecule has 0 spiro atoms. The number of fused-ring (bicyclic) bond motifs is 1. The summed E-state index contributed by atoms with van der Waals surface area (Å²) in [6.07, 6.45) is 1.64. The van der Waals surface area contributed by atoms with Gasteiger partial charge in [0.25, 0.3) is 0 Å². The van der Waals surface area contributed by atoms with Crippen LogP contribution >= 0.6 is 0 Å². The number of nitrogens with one attached hydrogen (secondary N) is 3. The Kier molecular flexibility index (Phi) is 5.89. The first kappa shape index (κ1) is 19.4. The average Bonchev–Trinajstić information content (AvgIpc) is 3.25. The number of carbonyl (C=O) groups is 1. The normalized spacial score (nSPS) is 11.8. The smallest absolute Gasteiger partial charge is 0.315 e. The van der Waals surface area contributed by atoms with Crippen LogP contribution in [-0.2, 0) is 0 Å². The number of nitrogens with zero attached hydrogens (tertiary/aromatic N) is 1. The average molecular weight is 404 g/mol. The van der Waals surface area contributed by atoms with E-state index < -0.39 is 5.82 Å². The second-order valence-corrected chi connectivity index (χ2v) is 6.70. The highest BCUT2D eigenvalue weighted by molar-refractivity contribution is 5.77. The molecule has 4 aromatic rings. The van der Waals surface area contributed by atoms with Gasteiger partial charge in [-0.05, 0) is 35.4 Å². The molecule has 1 aromatic heterocycles. The maximum absolute atomic E-state index is 13.6. The van der Waals surface area contributed by atoms with Crippen molar-refractivity contribution in [2.45, 2.75) is 6.04 Å². The van der Waals surface area contributed by atoms with E-state index >= 15 is 0 Å². The molecule has 0 bridgehead atoms. The van der Waals surface area contributed by atoms with E-state index in [1.807, 2.05) is 48.5 Å². The third kappa shape index (κ3) is 4.57. The summed E-state index contributed by atoms with van der Waals surface area (Å²) in [6, 6.07) is 21.0. The quantitative estimate of drug-likeness (QED) is 0.405. The highest BCUT2D eigenvalue weighted by Gasteiger charge is 2.17. The largest absolute Gasteiger partial charge is 0.489 e. The van der Waals surface area contributed by atoms with Crippen LogP contribution in [0.1, 0.15) is 17.2 Å². The molecule has 0 unspecified atom stereocenters. The second-order valence-electron chi connectivity index (χ2n) is 6.70. The number of para-hydroxylation sites is 1. The number of hydrogen-bond donors (Lipinski definition) is 3. The van der Waals surface area contributed by atoms with Gasteiger partial charge >= 0.3 is 6.03 Å². The Morgan fingerprint density at radius 3 is 2.67 bits per heavy atom. The van der Waals surface area contributed by atoms with Crippen LogP contribution in [0.2, 0.25) is 0 Å². The minimum Gasteiger partial charge on any atom is -0.489 e. The summed E-state index contributed by atoms with van der Waals surface area (Å²) in [4.78, 5) is 19.9. The predicted molar refractivity (Wildman–Crippen MR) is 113 cm³/mol. The third-order valence-corrected chi connectivity index (χ3v) is 4.67. The number of urea groups is 1. The molecular formula is C23H21FN4O2. The first-order valence-corrected chi connectivity index (χ1v) is 9.60. The maximum Gasteiger partial charge on any atom is 0.315 e. The minimum absolute atomic E-state index is 0.157. The molecule has 0 saturated heterocycles. The van der Waals surface area contributed by atoms with Crippen molar-refractivity contribution in [1.29, 1.82) is 0 Å². The third-order valence-electron chi connectivity index (χ3n) is 4.67. The van der Waals surface area contributed by atoms with E-state index in [1.54, 1.807) is 24.5 Å². The molecule has 30 heavy (non-hydrogen) atoms. The monoisotopic (exact) mass is 404 g/mol. The summed E-state index contributed by atoms with van der Waals surface area (Å²) >= 11 is 0. The van der Waals surface area contributed by atoms with Gasteiger partial charge in [0.15, 0.2) is 11.6 Å².